The van der Waals surface area contributed by atoms with Gasteiger partial charge in [0, 0.05) is 49.1 Å². The Kier molecular flexibility index (Phi) is 8.39. The molecule has 0 bridgehead atoms. The van der Waals surface area contributed by atoms with E-state index in [9.17, 15) is 9.59 Å². The van der Waals surface area contributed by atoms with Crippen LogP contribution in [0.15, 0.2) is 61.1 Å². The van der Waals surface area contributed by atoms with Gasteiger partial charge in [-0.1, -0.05) is 18.2 Å². The molecule has 38 heavy (non-hydrogen) atoms. The van der Waals surface area contributed by atoms with Gasteiger partial charge in [0.1, 0.15) is 23.8 Å². The summed E-state index contributed by atoms with van der Waals surface area (Å²) in [6.07, 6.45) is 7.09. The second-order valence-electron chi connectivity index (χ2n) is 8.98. The number of aryl methyl sites for hydroxylation is 1. The fourth-order valence-corrected chi connectivity index (χ4v) is 4.14. The number of likely N-dealkylation sites (N-methyl/N-ethyl adjacent to an activating group) is 1. The van der Waals surface area contributed by atoms with Crippen molar-refractivity contribution in [2.45, 2.75) is 19.4 Å². The first-order chi connectivity index (χ1) is 18.4. The maximum Gasteiger partial charge on any atom is 0.256 e. The molecule has 3 aromatic rings. The Morgan fingerprint density at radius 3 is 2.66 bits per heavy atom. The van der Waals surface area contributed by atoms with Gasteiger partial charge in [0.2, 0.25) is 5.91 Å². The monoisotopic (exact) mass is 513 g/mol. The summed E-state index contributed by atoms with van der Waals surface area (Å²) in [6.45, 7) is 3.68. The number of carbonyl (C=O) groups excluding carboxylic acids is 2. The zero-order chi connectivity index (χ0) is 27.1. The van der Waals surface area contributed by atoms with Crippen molar-refractivity contribution >= 4 is 35.0 Å². The largest absolute Gasteiger partial charge is 0.383 e. The first kappa shape index (κ1) is 26.4. The number of carbonyl (C=O) groups is 2. The van der Waals surface area contributed by atoms with Gasteiger partial charge in [-0.3, -0.25) is 15.0 Å². The minimum atomic E-state index is -0.299. The van der Waals surface area contributed by atoms with Gasteiger partial charge in [-0.25, -0.2) is 15.0 Å². The highest BCUT2D eigenvalue weighted by atomic mass is 16.2. The van der Waals surface area contributed by atoms with E-state index in [0.717, 1.165) is 12.0 Å². The van der Waals surface area contributed by atoms with Crippen LogP contribution in [0.1, 0.15) is 33.5 Å². The average Bonchev–Trinajstić information content (AvgIpc) is 3.37. The van der Waals surface area contributed by atoms with E-state index in [1.807, 2.05) is 20.0 Å². The number of likely N-dealkylation sites (tertiary alicyclic amines) is 1. The number of nitrogen functional groups attached to an aromatic ring is 1. The third kappa shape index (κ3) is 6.37. The number of nitrogens with zero attached hydrogens (tertiary/aromatic N) is 4. The van der Waals surface area contributed by atoms with Gasteiger partial charge in [-0.05, 0) is 50.2 Å². The molecule has 196 valence electrons. The van der Waals surface area contributed by atoms with Crippen LogP contribution in [0.25, 0.3) is 0 Å². The lowest BCUT2D eigenvalue weighted by atomic mass is 10.0. The molecule has 11 heteroatoms. The summed E-state index contributed by atoms with van der Waals surface area (Å²) in [6, 6.07) is 10.3. The fourth-order valence-electron chi connectivity index (χ4n) is 4.14. The molecule has 11 nitrogen and oxygen atoms in total. The first-order valence-electron chi connectivity index (χ1n) is 12.3. The molecule has 1 aromatic carbocycles. The summed E-state index contributed by atoms with van der Waals surface area (Å²) in [5.74, 6) is 0.729. The van der Waals surface area contributed by atoms with E-state index in [1.54, 1.807) is 53.6 Å². The molecule has 0 spiro atoms. The van der Waals surface area contributed by atoms with Crippen LogP contribution in [0, 0.1) is 12.3 Å². The van der Waals surface area contributed by atoms with Crippen molar-refractivity contribution in [1.82, 2.24) is 25.2 Å². The van der Waals surface area contributed by atoms with Crippen molar-refractivity contribution in [2.24, 2.45) is 0 Å². The van der Waals surface area contributed by atoms with E-state index >= 15 is 0 Å². The summed E-state index contributed by atoms with van der Waals surface area (Å²) in [5.41, 5.74) is 8.64. The number of rotatable bonds is 9. The molecule has 1 aliphatic rings. The topological polar surface area (TPSA) is 162 Å². The third-order valence-corrected chi connectivity index (χ3v) is 6.14. The Morgan fingerprint density at radius 1 is 1.16 bits per heavy atom. The smallest absolute Gasteiger partial charge is 0.256 e. The second kappa shape index (κ2) is 12.1. The molecule has 0 saturated carbocycles. The molecule has 1 saturated heterocycles. The van der Waals surface area contributed by atoms with E-state index in [1.165, 1.54) is 6.33 Å². The van der Waals surface area contributed by atoms with Gasteiger partial charge in [-0.15, -0.1) is 0 Å². The van der Waals surface area contributed by atoms with Crippen molar-refractivity contribution < 1.29 is 9.59 Å². The molecule has 1 aliphatic heterocycles. The lowest BCUT2D eigenvalue weighted by Gasteiger charge is -2.18. The van der Waals surface area contributed by atoms with Crippen molar-refractivity contribution in [3.8, 4) is 0 Å². The summed E-state index contributed by atoms with van der Waals surface area (Å²) < 4.78 is 0. The Bertz CT molecular complexity index is 1350. The predicted molar refractivity (Wildman–Crippen MR) is 147 cm³/mol. The Hall–Kier alpha value is -4.64. The van der Waals surface area contributed by atoms with Gasteiger partial charge in [0.05, 0.1) is 11.3 Å². The fraction of sp³-hybridized carbons (Fsp3) is 0.259. The van der Waals surface area contributed by atoms with E-state index in [4.69, 9.17) is 11.1 Å². The van der Waals surface area contributed by atoms with Crippen molar-refractivity contribution in [2.75, 3.05) is 43.0 Å². The molecular formula is C27H31N9O2. The molecule has 0 aliphatic carbocycles. The average molecular weight is 514 g/mol. The number of anilines is 3. The number of pyridine rings is 1. The third-order valence-electron chi connectivity index (χ3n) is 6.14. The summed E-state index contributed by atoms with van der Waals surface area (Å²) >= 11 is 0. The number of amides is 2. The van der Waals surface area contributed by atoms with Gasteiger partial charge >= 0.3 is 0 Å². The van der Waals surface area contributed by atoms with E-state index in [0.29, 0.717) is 48.0 Å². The summed E-state index contributed by atoms with van der Waals surface area (Å²) in [7, 11) is 1.82. The predicted octanol–water partition coefficient (Wildman–Crippen LogP) is 2.22. The minimum Gasteiger partial charge on any atom is -0.383 e. The van der Waals surface area contributed by atoms with Crippen LogP contribution in [0.5, 0.6) is 0 Å². The lowest BCUT2D eigenvalue weighted by molar-refractivity contribution is -0.125. The molecule has 6 N–H and O–H groups in total. The lowest BCUT2D eigenvalue weighted by Crippen LogP contribution is -2.31. The number of nitrogens with one attached hydrogen (secondary N) is 4. The molecule has 1 unspecified atom stereocenters. The molecule has 3 heterocycles. The quantitative estimate of drug-likeness (QED) is 0.215. The van der Waals surface area contributed by atoms with E-state index in [2.05, 4.69) is 30.9 Å². The number of hydrogen-bond donors (Lipinski definition) is 5. The Labute approximate surface area is 221 Å². The van der Waals surface area contributed by atoms with Gasteiger partial charge in [0.15, 0.2) is 0 Å². The highest BCUT2D eigenvalue weighted by Crippen LogP contribution is 2.24. The standard InChI is InChI=1S/C27H31N9O2/c1-17-9-12-31-21(14-17)35-27(38)19-7-5-18(6-8-19)24(28)23-25(29)32-16-33-26(23)34-20-10-13-36(15-20)22(37)4-3-11-30-2/h3-9,12,14,16,20,28,30H,10-11,13,15H2,1-2H3,(H,31,35,38)(H3,29,32,33,34)/b4-3+,28-24?. The Balaban J connectivity index is 1.45. The normalized spacial score (nSPS) is 15.0. The molecular weight excluding hydrogens is 482 g/mol. The first-order valence-corrected chi connectivity index (χ1v) is 12.3. The number of hydrogen-bond acceptors (Lipinski definition) is 9. The van der Waals surface area contributed by atoms with Crippen LogP contribution in [0.4, 0.5) is 17.5 Å². The maximum absolute atomic E-state index is 12.6. The highest BCUT2D eigenvalue weighted by Gasteiger charge is 2.27. The van der Waals surface area contributed by atoms with Crippen LogP contribution in [-0.2, 0) is 4.79 Å². The van der Waals surface area contributed by atoms with E-state index in [-0.39, 0.29) is 29.4 Å². The highest BCUT2D eigenvalue weighted by molar-refractivity contribution is 6.16. The van der Waals surface area contributed by atoms with Crippen LogP contribution >= 0.6 is 0 Å². The molecule has 1 fully saturated rings. The van der Waals surface area contributed by atoms with Crippen molar-refractivity contribution in [1.29, 1.82) is 5.41 Å². The van der Waals surface area contributed by atoms with Crippen LogP contribution < -0.4 is 21.7 Å². The SMILES string of the molecule is CNC/C=C/C(=O)N1CCC(Nc2ncnc(N)c2C(=N)c2ccc(C(=O)Nc3cc(C)ccn3)cc2)C1. The Morgan fingerprint density at radius 2 is 1.92 bits per heavy atom. The number of aromatic nitrogens is 3. The van der Waals surface area contributed by atoms with Crippen molar-refractivity contribution in [3.63, 3.8) is 0 Å². The minimum absolute atomic E-state index is 0.0398. The molecule has 1 atom stereocenters. The number of benzene rings is 1. The second-order valence-corrected chi connectivity index (χ2v) is 8.98. The molecule has 2 amide bonds. The molecule has 4 rings (SSSR count). The van der Waals surface area contributed by atoms with Crippen molar-refractivity contribution in [3.05, 3.63) is 83.3 Å². The summed E-state index contributed by atoms with van der Waals surface area (Å²) in [4.78, 5) is 39.4. The number of nitrogens with two attached hydrogens (primary N) is 1. The van der Waals surface area contributed by atoms with Crippen LogP contribution in [0.2, 0.25) is 0 Å². The van der Waals surface area contributed by atoms with Gasteiger partial charge < -0.3 is 26.6 Å². The molecule has 0 radical (unpaired) electrons. The van der Waals surface area contributed by atoms with Crippen LogP contribution in [0.3, 0.4) is 0 Å². The van der Waals surface area contributed by atoms with Gasteiger partial charge in [-0.2, -0.15) is 0 Å². The zero-order valence-corrected chi connectivity index (χ0v) is 21.4. The zero-order valence-electron chi connectivity index (χ0n) is 21.4. The van der Waals surface area contributed by atoms with E-state index < -0.39 is 0 Å². The van der Waals surface area contributed by atoms with Gasteiger partial charge in [0.25, 0.3) is 5.91 Å². The van der Waals surface area contributed by atoms with Crippen LogP contribution in [-0.4, -0.2) is 70.1 Å². The molecule has 2 aromatic heterocycles. The summed E-state index contributed by atoms with van der Waals surface area (Å²) in [5, 5.41) is 17.9. The maximum atomic E-state index is 12.6.